The number of hydrogen-bond acceptors (Lipinski definition) is 5. The zero-order valence-corrected chi connectivity index (χ0v) is 13.5. The largest absolute Gasteiger partial charge is 0.481 e. The van der Waals surface area contributed by atoms with Crippen molar-refractivity contribution in [3.63, 3.8) is 0 Å². The van der Waals surface area contributed by atoms with Crippen molar-refractivity contribution in [1.82, 2.24) is 0 Å². The molecular weight excluding hydrogens is 323 g/mol. The summed E-state index contributed by atoms with van der Waals surface area (Å²) in [5.74, 6) is -3.83. The quantitative estimate of drug-likeness (QED) is 0.504. The van der Waals surface area contributed by atoms with Crippen LogP contribution in [0.4, 0.5) is 0 Å². The highest BCUT2D eigenvalue weighted by Crippen LogP contribution is 2.61. The Morgan fingerprint density at radius 1 is 1.09 bits per heavy atom. The van der Waals surface area contributed by atoms with E-state index in [1.807, 2.05) is 0 Å². The third-order valence-corrected chi connectivity index (χ3v) is 6.16. The van der Waals surface area contributed by atoms with Gasteiger partial charge in [-0.25, -0.2) is 14.6 Å². The third-order valence-electron chi connectivity index (χ3n) is 3.65. The minimum absolute atomic E-state index is 0.0376. The molecule has 2 atom stereocenters. The van der Waals surface area contributed by atoms with Gasteiger partial charge < -0.3 is 10.2 Å². The molecule has 126 valence electrons. The van der Waals surface area contributed by atoms with Gasteiger partial charge in [-0.05, 0) is 25.0 Å². The van der Waals surface area contributed by atoms with E-state index in [-0.39, 0.29) is 18.4 Å². The van der Waals surface area contributed by atoms with Gasteiger partial charge in [-0.1, -0.05) is 25.1 Å². The van der Waals surface area contributed by atoms with Crippen LogP contribution in [0.25, 0.3) is 0 Å². The van der Waals surface area contributed by atoms with Crippen molar-refractivity contribution in [2.45, 2.75) is 31.8 Å². The molecule has 1 aromatic carbocycles. The van der Waals surface area contributed by atoms with Crippen LogP contribution >= 0.6 is 7.72 Å². The molecular formula is C15H20O7P+. The van der Waals surface area contributed by atoms with Crippen molar-refractivity contribution in [1.29, 1.82) is 0 Å². The monoisotopic (exact) mass is 343 g/mol. The summed E-state index contributed by atoms with van der Waals surface area (Å²) in [6, 6.07) is 7.63. The summed E-state index contributed by atoms with van der Waals surface area (Å²) < 4.78 is 0. The molecule has 0 aliphatic heterocycles. The Balaban J connectivity index is 3.10. The molecule has 0 spiro atoms. The van der Waals surface area contributed by atoms with Crippen LogP contribution in [0.5, 0.6) is 0 Å². The van der Waals surface area contributed by atoms with Crippen LogP contribution in [0.15, 0.2) is 30.3 Å². The summed E-state index contributed by atoms with van der Waals surface area (Å²) in [5, 5.41) is 18.0. The molecule has 0 amide bonds. The first-order chi connectivity index (χ1) is 10.7. The molecule has 0 saturated heterocycles. The zero-order valence-electron chi connectivity index (χ0n) is 12.6. The van der Waals surface area contributed by atoms with Crippen LogP contribution in [0.1, 0.15) is 36.5 Å². The lowest BCUT2D eigenvalue weighted by Gasteiger charge is -2.25. The average molecular weight is 343 g/mol. The van der Waals surface area contributed by atoms with Crippen molar-refractivity contribution in [3.05, 3.63) is 35.9 Å². The molecule has 0 aliphatic carbocycles. The molecule has 0 aromatic heterocycles. The number of carbonyl (C=O) groups excluding carboxylic acids is 1. The molecule has 7 nitrogen and oxygen atoms in total. The van der Waals surface area contributed by atoms with Crippen molar-refractivity contribution < 1.29 is 34.4 Å². The van der Waals surface area contributed by atoms with Crippen LogP contribution in [-0.4, -0.2) is 43.1 Å². The maximum Gasteiger partial charge on any atom is 0.357 e. The normalized spacial score (nSPS) is 14.0. The van der Waals surface area contributed by atoms with Crippen LogP contribution in [0, 0.1) is 5.92 Å². The van der Waals surface area contributed by atoms with Crippen LogP contribution in [-0.2, 0) is 9.59 Å². The Hall–Kier alpha value is -1.82. The van der Waals surface area contributed by atoms with Gasteiger partial charge >= 0.3 is 25.2 Å². The molecule has 0 bridgehead atoms. The molecule has 2 unspecified atom stereocenters. The molecule has 23 heavy (non-hydrogen) atoms. The number of carbonyl (C=O) groups is 3. The van der Waals surface area contributed by atoms with Gasteiger partial charge in [0.15, 0.2) is 0 Å². The molecule has 0 radical (unpaired) electrons. The third kappa shape index (κ3) is 4.82. The second kappa shape index (κ2) is 8.15. The summed E-state index contributed by atoms with van der Waals surface area (Å²) in [4.78, 5) is 55.2. The first-order valence-electron chi connectivity index (χ1n) is 7.10. The number of carboxylic acids is 2. The van der Waals surface area contributed by atoms with Gasteiger partial charge in [-0.15, -0.1) is 0 Å². The number of hydrogen-bond donors (Lipinski definition) is 4. The van der Waals surface area contributed by atoms with E-state index in [9.17, 15) is 29.3 Å². The maximum atomic E-state index is 12.4. The average Bonchev–Trinajstić information content (AvgIpc) is 2.50. The van der Waals surface area contributed by atoms with Gasteiger partial charge in [0.05, 0.1) is 11.5 Å². The van der Waals surface area contributed by atoms with Crippen LogP contribution in [0.3, 0.4) is 0 Å². The lowest BCUT2D eigenvalue weighted by Crippen LogP contribution is -2.33. The first kappa shape index (κ1) is 19.2. The summed E-state index contributed by atoms with van der Waals surface area (Å²) in [6.07, 6.45) is -0.656. The van der Waals surface area contributed by atoms with E-state index >= 15 is 0 Å². The highest BCUT2D eigenvalue weighted by atomic mass is 31.2. The Bertz CT molecular complexity index is 570. The van der Waals surface area contributed by atoms with Gasteiger partial charge in [-0.2, -0.15) is 0 Å². The lowest BCUT2D eigenvalue weighted by molar-refractivity contribution is -0.143. The predicted octanol–water partition coefficient (Wildman–Crippen LogP) is 2.00. The lowest BCUT2D eigenvalue weighted by atomic mass is 9.97. The van der Waals surface area contributed by atoms with E-state index in [2.05, 4.69) is 0 Å². The Morgan fingerprint density at radius 3 is 2.09 bits per heavy atom. The molecule has 8 heteroatoms. The van der Waals surface area contributed by atoms with E-state index < -0.39 is 43.2 Å². The fraction of sp³-hybridized carbons (Fsp3) is 0.400. The first-order valence-corrected chi connectivity index (χ1v) is 8.86. The fourth-order valence-electron chi connectivity index (χ4n) is 2.47. The predicted molar refractivity (Wildman–Crippen MR) is 84.2 cm³/mol. The Kier molecular flexibility index (Phi) is 6.81. The van der Waals surface area contributed by atoms with Crippen LogP contribution < -0.4 is 0 Å². The van der Waals surface area contributed by atoms with Gasteiger partial charge in [0.1, 0.15) is 5.66 Å². The summed E-state index contributed by atoms with van der Waals surface area (Å²) in [7, 11) is -4.25. The molecule has 1 rings (SSSR count). The molecule has 0 fully saturated rings. The zero-order chi connectivity index (χ0) is 17.6. The van der Waals surface area contributed by atoms with Gasteiger partial charge in [0, 0.05) is 6.42 Å². The topological polar surface area (TPSA) is 132 Å². The number of rotatable bonds is 9. The van der Waals surface area contributed by atoms with Crippen molar-refractivity contribution in [3.8, 4) is 0 Å². The standard InChI is InChI=1S/C15H19O7P/c1-2-12(11(14(18)19)8-9-13(16)17)23(21,22)15(20)10-6-4-3-5-7-10/h3-7,11-12,21-22H,2,8-9H2,1H3,(H-,16,17,18,19)/p+1. The SMILES string of the molecule is CCC(C(CCC(=O)O)C(=O)O)[P+](O)(O)C(=O)c1ccccc1. The van der Waals surface area contributed by atoms with Crippen LogP contribution in [0.2, 0.25) is 0 Å². The highest BCUT2D eigenvalue weighted by Gasteiger charge is 2.56. The van der Waals surface area contributed by atoms with E-state index in [0.29, 0.717) is 0 Å². The van der Waals surface area contributed by atoms with E-state index in [1.165, 1.54) is 12.1 Å². The van der Waals surface area contributed by atoms with E-state index in [1.54, 1.807) is 25.1 Å². The summed E-state index contributed by atoms with van der Waals surface area (Å²) >= 11 is 0. The van der Waals surface area contributed by atoms with E-state index in [4.69, 9.17) is 5.11 Å². The van der Waals surface area contributed by atoms with Crippen molar-refractivity contribution >= 4 is 25.2 Å². The number of aliphatic carboxylic acids is 2. The molecule has 1 aromatic rings. The number of carboxylic acid groups (broad SMARTS) is 2. The van der Waals surface area contributed by atoms with Gasteiger partial charge in [0.25, 0.3) is 0 Å². The maximum absolute atomic E-state index is 12.4. The second-order valence-corrected chi connectivity index (χ2v) is 7.54. The molecule has 0 heterocycles. The van der Waals surface area contributed by atoms with Gasteiger partial charge in [-0.3, -0.25) is 9.59 Å². The molecule has 4 N–H and O–H groups in total. The van der Waals surface area contributed by atoms with Gasteiger partial charge in [0.2, 0.25) is 0 Å². The summed E-state index contributed by atoms with van der Waals surface area (Å²) in [6.45, 7) is 1.54. The fourth-order valence-corrected chi connectivity index (χ4v) is 4.59. The number of benzene rings is 1. The summed E-state index contributed by atoms with van der Waals surface area (Å²) in [5.41, 5.74) is -2.02. The minimum atomic E-state index is -4.25. The molecule has 0 aliphatic rings. The van der Waals surface area contributed by atoms with E-state index in [0.717, 1.165) is 0 Å². The Labute approximate surface area is 134 Å². The molecule has 0 saturated carbocycles. The Morgan fingerprint density at radius 2 is 1.65 bits per heavy atom. The van der Waals surface area contributed by atoms with Crippen molar-refractivity contribution in [2.24, 2.45) is 5.92 Å². The smallest absolute Gasteiger partial charge is 0.357 e. The minimum Gasteiger partial charge on any atom is -0.481 e. The second-order valence-electron chi connectivity index (χ2n) is 5.17. The van der Waals surface area contributed by atoms with Crippen molar-refractivity contribution in [2.75, 3.05) is 0 Å². The highest BCUT2D eigenvalue weighted by molar-refractivity contribution is 7.82.